The monoisotopic (exact) mass is 377 g/mol. The van der Waals surface area contributed by atoms with Gasteiger partial charge in [0.05, 0.1) is 6.04 Å². The largest absolute Gasteiger partial charge is 0.337 e. The molecule has 0 saturated carbocycles. The fourth-order valence-electron chi connectivity index (χ4n) is 3.62. The summed E-state index contributed by atoms with van der Waals surface area (Å²) < 4.78 is 5.58. The van der Waals surface area contributed by atoms with Crippen LogP contribution in [0.5, 0.6) is 0 Å². The van der Waals surface area contributed by atoms with Crippen molar-refractivity contribution in [3.05, 3.63) is 65.3 Å². The van der Waals surface area contributed by atoms with Gasteiger partial charge in [0.2, 0.25) is 11.7 Å². The van der Waals surface area contributed by atoms with Crippen molar-refractivity contribution in [1.29, 1.82) is 0 Å². The van der Waals surface area contributed by atoms with Crippen molar-refractivity contribution in [2.75, 3.05) is 26.2 Å². The van der Waals surface area contributed by atoms with Crippen LogP contribution in [0.15, 0.2) is 47.1 Å². The van der Waals surface area contributed by atoms with Gasteiger partial charge in [-0.05, 0) is 32.4 Å². The Balaban J connectivity index is 1.36. The molecule has 6 heteroatoms. The molecule has 1 aliphatic rings. The van der Waals surface area contributed by atoms with Crippen LogP contribution in [0.1, 0.15) is 35.7 Å². The molecule has 3 aromatic rings. The van der Waals surface area contributed by atoms with Gasteiger partial charge in [-0.25, -0.2) is 0 Å². The van der Waals surface area contributed by atoms with Crippen LogP contribution in [-0.2, 0) is 6.54 Å². The van der Waals surface area contributed by atoms with Crippen molar-refractivity contribution >= 4 is 0 Å². The Bertz CT molecular complexity index is 913. The lowest BCUT2D eigenvalue weighted by Crippen LogP contribution is -2.46. The van der Waals surface area contributed by atoms with E-state index in [2.05, 4.69) is 63.9 Å². The number of nitrogens with zero attached hydrogens (tertiary/aromatic N) is 5. The van der Waals surface area contributed by atoms with Gasteiger partial charge in [-0.1, -0.05) is 41.1 Å². The molecule has 3 heterocycles. The van der Waals surface area contributed by atoms with Crippen molar-refractivity contribution in [1.82, 2.24) is 24.9 Å². The van der Waals surface area contributed by atoms with Crippen molar-refractivity contribution in [3.8, 4) is 11.4 Å². The van der Waals surface area contributed by atoms with Gasteiger partial charge >= 0.3 is 0 Å². The van der Waals surface area contributed by atoms with E-state index in [1.807, 2.05) is 24.4 Å². The summed E-state index contributed by atoms with van der Waals surface area (Å²) >= 11 is 0. The first-order chi connectivity index (χ1) is 13.6. The van der Waals surface area contributed by atoms with E-state index in [9.17, 15) is 0 Å². The quantitative estimate of drug-likeness (QED) is 0.677. The van der Waals surface area contributed by atoms with Gasteiger partial charge in [0, 0.05) is 50.2 Å². The third kappa shape index (κ3) is 4.13. The van der Waals surface area contributed by atoms with Gasteiger partial charge in [-0.15, -0.1) is 0 Å². The Morgan fingerprint density at radius 2 is 1.79 bits per heavy atom. The van der Waals surface area contributed by atoms with Crippen LogP contribution in [-0.4, -0.2) is 51.1 Å². The Morgan fingerprint density at radius 1 is 1.04 bits per heavy atom. The molecule has 1 aliphatic heterocycles. The second-order valence-electron chi connectivity index (χ2n) is 7.56. The van der Waals surface area contributed by atoms with Gasteiger partial charge in [-0.3, -0.25) is 14.8 Å². The number of aromatic nitrogens is 3. The lowest BCUT2D eigenvalue weighted by molar-refractivity contribution is 0.0844. The first kappa shape index (κ1) is 18.8. The molecule has 0 radical (unpaired) electrons. The number of pyridine rings is 1. The van der Waals surface area contributed by atoms with Crippen molar-refractivity contribution in [2.24, 2.45) is 0 Å². The second-order valence-corrected chi connectivity index (χ2v) is 7.56. The summed E-state index contributed by atoms with van der Waals surface area (Å²) in [6, 6.07) is 12.5. The zero-order valence-corrected chi connectivity index (χ0v) is 16.8. The maximum absolute atomic E-state index is 5.58. The van der Waals surface area contributed by atoms with Gasteiger partial charge in [0.25, 0.3) is 0 Å². The molecule has 146 valence electrons. The van der Waals surface area contributed by atoms with Gasteiger partial charge < -0.3 is 4.52 Å². The number of benzene rings is 1. The minimum atomic E-state index is 0.119. The van der Waals surface area contributed by atoms with E-state index in [0.29, 0.717) is 11.7 Å². The summed E-state index contributed by atoms with van der Waals surface area (Å²) in [5.41, 5.74) is 4.64. The highest BCUT2D eigenvalue weighted by atomic mass is 16.5. The second kappa shape index (κ2) is 8.20. The summed E-state index contributed by atoms with van der Waals surface area (Å²) in [7, 11) is 0. The fourth-order valence-corrected chi connectivity index (χ4v) is 3.62. The van der Waals surface area contributed by atoms with E-state index in [1.54, 1.807) is 0 Å². The summed E-state index contributed by atoms with van der Waals surface area (Å²) in [5, 5.41) is 4.18. The van der Waals surface area contributed by atoms with Crippen LogP contribution in [0, 0.1) is 13.8 Å². The lowest BCUT2D eigenvalue weighted by Gasteiger charge is -2.36. The Hall–Kier alpha value is -2.57. The molecular weight excluding hydrogens is 350 g/mol. The molecule has 28 heavy (non-hydrogen) atoms. The molecule has 1 fully saturated rings. The molecule has 1 unspecified atom stereocenters. The number of piperazine rings is 1. The predicted octanol–water partition coefficient (Wildman–Crippen LogP) is 3.63. The van der Waals surface area contributed by atoms with E-state index in [-0.39, 0.29) is 6.04 Å². The molecule has 1 atom stereocenters. The fraction of sp³-hybridized carbons (Fsp3) is 0.409. The molecule has 4 rings (SSSR count). The maximum Gasteiger partial charge on any atom is 0.244 e. The zero-order valence-electron chi connectivity index (χ0n) is 16.8. The van der Waals surface area contributed by atoms with Crippen LogP contribution in [0.25, 0.3) is 11.4 Å². The highest BCUT2D eigenvalue weighted by molar-refractivity contribution is 5.54. The number of rotatable bonds is 5. The first-order valence-corrected chi connectivity index (χ1v) is 9.87. The molecule has 1 saturated heterocycles. The normalized spacial score (nSPS) is 17.0. The standard InChI is InChI=1S/C22H27N5O/c1-16-6-8-19(9-7-16)21-24-22(28-25-21)18(3)27-13-11-26(12-14-27)15-20-5-4-10-23-17(20)2/h4-10,18H,11-15H2,1-3H3. The highest BCUT2D eigenvalue weighted by Gasteiger charge is 2.26. The minimum absolute atomic E-state index is 0.119. The van der Waals surface area contributed by atoms with Crippen molar-refractivity contribution in [2.45, 2.75) is 33.4 Å². The molecule has 0 amide bonds. The topological polar surface area (TPSA) is 58.3 Å². The summed E-state index contributed by atoms with van der Waals surface area (Å²) in [5.74, 6) is 1.35. The SMILES string of the molecule is Cc1ccc(-c2noc(C(C)N3CCN(Cc4cccnc4C)CC3)n2)cc1. The molecule has 0 N–H and O–H groups in total. The van der Waals surface area contributed by atoms with Crippen molar-refractivity contribution < 1.29 is 4.52 Å². The van der Waals surface area contributed by atoms with Gasteiger partial charge in [0.1, 0.15) is 0 Å². The minimum Gasteiger partial charge on any atom is -0.337 e. The maximum atomic E-state index is 5.58. The number of hydrogen-bond donors (Lipinski definition) is 0. The number of aryl methyl sites for hydroxylation is 2. The van der Waals surface area contributed by atoms with Crippen LogP contribution in [0.4, 0.5) is 0 Å². The first-order valence-electron chi connectivity index (χ1n) is 9.87. The van der Waals surface area contributed by atoms with E-state index in [0.717, 1.165) is 44.0 Å². The predicted molar refractivity (Wildman–Crippen MR) is 109 cm³/mol. The molecule has 0 spiro atoms. The summed E-state index contributed by atoms with van der Waals surface area (Å²) in [4.78, 5) is 13.9. The van der Waals surface area contributed by atoms with E-state index in [1.165, 1.54) is 11.1 Å². The molecule has 1 aromatic carbocycles. The van der Waals surface area contributed by atoms with Crippen molar-refractivity contribution in [3.63, 3.8) is 0 Å². The third-order valence-corrected chi connectivity index (χ3v) is 5.57. The van der Waals surface area contributed by atoms with Crippen LogP contribution in [0.3, 0.4) is 0 Å². The molecule has 0 bridgehead atoms. The van der Waals surface area contributed by atoms with Gasteiger partial charge in [-0.2, -0.15) is 4.98 Å². The van der Waals surface area contributed by atoms with Crippen LogP contribution in [0.2, 0.25) is 0 Å². The summed E-state index contributed by atoms with van der Waals surface area (Å²) in [6.45, 7) is 11.3. The van der Waals surface area contributed by atoms with E-state index >= 15 is 0 Å². The van der Waals surface area contributed by atoms with E-state index < -0.39 is 0 Å². The average molecular weight is 377 g/mol. The Morgan fingerprint density at radius 3 is 2.50 bits per heavy atom. The Labute approximate surface area is 166 Å². The lowest BCUT2D eigenvalue weighted by atomic mass is 10.1. The molecule has 2 aromatic heterocycles. The average Bonchev–Trinajstić information content (AvgIpc) is 3.20. The molecule has 6 nitrogen and oxygen atoms in total. The van der Waals surface area contributed by atoms with Crippen LogP contribution < -0.4 is 0 Å². The van der Waals surface area contributed by atoms with Gasteiger partial charge in [0.15, 0.2) is 0 Å². The molecule has 0 aliphatic carbocycles. The zero-order chi connectivity index (χ0) is 19.5. The third-order valence-electron chi connectivity index (χ3n) is 5.57. The summed E-state index contributed by atoms with van der Waals surface area (Å²) in [6.07, 6.45) is 1.85. The number of hydrogen-bond acceptors (Lipinski definition) is 6. The smallest absolute Gasteiger partial charge is 0.244 e. The highest BCUT2D eigenvalue weighted by Crippen LogP contribution is 2.24. The molecular formula is C22H27N5O. The Kier molecular flexibility index (Phi) is 5.50. The van der Waals surface area contributed by atoms with Crippen LogP contribution >= 0.6 is 0 Å². The van der Waals surface area contributed by atoms with E-state index in [4.69, 9.17) is 4.52 Å².